The largest absolute Gasteiger partial charge is 0.490 e. The molecule has 16 heavy (non-hydrogen) atoms. The molecule has 1 aliphatic heterocycles. The molecule has 0 spiro atoms. The quantitative estimate of drug-likeness (QED) is 0.741. The van der Waals surface area contributed by atoms with E-state index in [4.69, 9.17) is 16.3 Å². The second-order valence-corrected chi connectivity index (χ2v) is 3.92. The summed E-state index contributed by atoms with van der Waals surface area (Å²) in [6.07, 6.45) is 3.50. The van der Waals surface area contributed by atoms with Crippen molar-refractivity contribution in [2.45, 2.75) is 12.8 Å². The Bertz CT molecular complexity index is 454. The summed E-state index contributed by atoms with van der Waals surface area (Å²) in [5.74, 6) is -0.452. The molecule has 2 nitrogen and oxygen atoms in total. The summed E-state index contributed by atoms with van der Waals surface area (Å²) in [6.45, 7) is 0.548. The van der Waals surface area contributed by atoms with Crippen LogP contribution in [-0.4, -0.2) is 12.4 Å². The zero-order chi connectivity index (χ0) is 11.5. The van der Waals surface area contributed by atoms with E-state index >= 15 is 0 Å². The number of carbonyl (C=O) groups excluding carboxylic acids is 1. The molecule has 0 radical (unpaired) electrons. The molecule has 1 aromatic rings. The molecule has 1 heterocycles. The number of ketones is 1. The number of ether oxygens (including phenoxy) is 1. The van der Waals surface area contributed by atoms with Crippen LogP contribution >= 0.6 is 11.6 Å². The second kappa shape index (κ2) is 4.66. The standard InChI is InChI=1S/C12H10ClFO2/c13-9-7-8(4-5-10(9)14)12(15)11-3-1-2-6-16-11/h3-5,7H,1-2,6H2. The number of hydrogen-bond donors (Lipinski definition) is 0. The van der Waals surface area contributed by atoms with Gasteiger partial charge in [-0.2, -0.15) is 0 Å². The number of hydrogen-bond acceptors (Lipinski definition) is 2. The van der Waals surface area contributed by atoms with Crippen molar-refractivity contribution in [3.8, 4) is 0 Å². The van der Waals surface area contributed by atoms with E-state index in [0.29, 0.717) is 17.9 Å². The van der Waals surface area contributed by atoms with E-state index in [-0.39, 0.29) is 10.8 Å². The molecular formula is C12H10ClFO2. The van der Waals surface area contributed by atoms with Crippen LogP contribution in [0.2, 0.25) is 5.02 Å². The smallest absolute Gasteiger partial charge is 0.227 e. The van der Waals surface area contributed by atoms with Gasteiger partial charge >= 0.3 is 0 Å². The fourth-order valence-corrected chi connectivity index (χ4v) is 1.68. The van der Waals surface area contributed by atoms with E-state index in [1.165, 1.54) is 18.2 Å². The zero-order valence-electron chi connectivity index (χ0n) is 8.50. The molecule has 4 heteroatoms. The van der Waals surface area contributed by atoms with E-state index in [9.17, 15) is 9.18 Å². The monoisotopic (exact) mass is 240 g/mol. The molecule has 84 valence electrons. The maximum Gasteiger partial charge on any atom is 0.227 e. The summed E-state index contributed by atoms with van der Waals surface area (Å²) in [6, 6.07) is 3.90. The number of carbonyl (C=O) groups is 1. The van der Waals surface area contributed by atoms with Gasteiger partial charge in [-0.05, 0) is 37.1 Å². The highest BCUT2D eigenvalue weighted by Crippen LogP contribution is 2.20. The summed E-state index contributed by atoms with van der Waals surface area (Å²) < 4.78 is 18.2. The minimum Gasteiger partial charge on any atom is -0.490 e. The lowest BCUT2D eigenvalue weighted by molar-refractivity contribution is 0.0899. The first-order valence-corrected chi connectivity index (χ1v) is 5.39. The first kappa shape index (κ1) is 11.1. The van der Waals surface area contributed by atoms with E-state index < -0.39 is 5.82 Å². The molecule has 0 fully saturated rings. The van der Waals surface area contributed by atoms with Gasteiger partial charge in [-0.15, -0.1) is 0 Å². The van der Waals surface area contributed by atoms with Crippen LogP contribution in [-0.2, 0) is 4.74 Å². The van der Waals surface area contributed by atoms with Gasteiger partial charge in [0, 0.05) is 5.56 Å². The molecule has 1 aliphatic rings. The van der Waals surface area contributed by atoms with Crippen molar-refractivity contribution in [1.82, 2.24) is 0 Å². The van der Waals surface area contributed by atoms with Crippen molar-refractivity contribution in [2.24, 2.45) is 0 Å². The van der Waals surface area contributed by atoms with Crippen LogP contribution in [0.5, 0.6) is 0 Å². The Morgan fingerprint density at radius 3 is 2.88 bits per heavy atom. The topological polar surface area (TPSA) is 26.3 Å². The number of rotatable bonds is 2. The SMILES string of the molecule is O=C(C1=CCCCO1)c1ccc(F)c(Cl)c1. The van der Waals surface area contributed by atoms with Crippen LogP contribution in [0, 0.1) is 5.82 Å². The van der Waals surface area contributed by atoms with Gasteiger partial charge in [-0.3, -0.25) is 4.79 Å². The van der Waals surface area contributed by atoms with Gasteiger partial charge in [-0.25, -0.2) is 4.39 Å². The second-order valence-electron chi connectivity index (χ2n) is 3.52. The molecule has 0 aliphatic carbocycles. The van der Waals surface area contributed by atoms with Crippen molar-refractivity contribution < 1.29 is 13.9 Å². The van der Waals surface area contributed by atoms with Gasteiger partial charge in [0.2, 0.25) is 5.78 Å². The third kappa shape index (κ3) is 2.25. The maximum absolute atomic E-state index is 12.9. The Hall–Kier alpha value is -1.35. The van der Waals surface area contributed by atoms with Crippen LogP contribution in [0.3, 0.4) is 0 Å². The van der Waals surface area contributed by atoms with Gasteiger partial charge in [0.15, 0.2) is 5.76 Å². The van der Waals surface area contributed by atoms with Crippen molar-refractivity contribution in [3.63, 3.8) is 0 Å². The average molecular weight is 241 g/mol. The Morgan fingerprint density at radius 2 is 2.25 bits per heavy atom. The average Bonchev–Trinajstić information content (AvgIpc) is 2.33. The Morgan fingerprint density at radius 1 is 1.44 bits per heavy atom. The molecule has 2 rings (SSSR count). The minimum absolute atomic E-state index is 0.0535. The molecule has 0 bridgehead atoms. The molecule has 0 N–H and O–H groups in total. The van der Waals surface area contributed by atoms with Crippen molar-refractivity contribution in [3.05, 3.63) is 46.4 Å². The summed E-state index contributed by atoms with van der Waals surface area (Å²) >= 11 is 5.61. The lowest BCUT2D eigenvalue weighted by atomic mass is 10.1. The number of benzene rings is 1. The Balaban J connectivity index is 2.26. The van der Waals surface area contributed by atoms with E-state index in [0.717, 1.165) is 12.8 Å². The normalized spacial score (nSPS) is 15.2. The van der Waals surface area contributed by atoms with Crippen LogP contribution in [0.1, 0.15) is 23.2 Å². The summed E-state index contributed by atoms with van der Waals surface area (Å²) in [5, 5.41) is -0.0535. The Labute approximate surface area is 97.7 Å². The van der Waals surface area contributed by atoms with Crippen molar-refractivity contribution in [2.75, 3.05) is 6.61 Å². The molecule has 0 atom stereocenters. The third-order valence-corrected chi connectivity index (χ3v) is 2.63. The number of Topliss-reactive ketones (excluding diaryl/α,β-unsaturated/α-hetero) is 1. The molecule has 0 unspecified atom stereocenters. The number of halogens is 2. The van der Waals surface area contributed by atoms with E-state index in [1.54, 1.807) is 6.08 Å². The summed E-state index contributed by atoms with van der Waals surface area (Å²) in [4.78, 5) is 11.9. The third-order valence-electron chi connectivity index (χ3n) is 2.34. The van der Waals surface area contributed by atoms with Crippen LogP contribution in [0.4, 0.5) is 4.39 Å². The molecular weight excluding hydrogens is 231 g/mol. The molecule has 1 aromatic carbocycles. The predicted molar refractivity (Wildman–Crippen MR) is 59.0 cm³/mol. The fourth-order valence-electron chi connectivity index (χ4n) is 1.50. The highest BCUT2D eigenvalue weighted by atomic mass is 35.5. The molecule has 0 saturated heterocycles. The zero-order valence-corrected chi connectivity index (χ0v) is 9.26. The first-order valence-electron chi connectivity index (χ1n) is 5.01. The van der Waals surface area contributed by atoms with Gasteiger partial charge in [0.05, 0.1) is 11.6 Å². The molecule has 0 aromatic heterocycles. The minimum atomic E-state index is -0.531. The van der Waals surface area contributed by atoms with E-state index in [2.05, 4.69) is 0 Å². The highest BCUT2D eigenvalue weighted by Gasteiger charge is 2.16. The molecule has 0 saturated carbocycles. The fraction of sp³-hybridized carbons (Fsp3) is 0.250. The number of allylic oxidation sites excluding steroid dienone is 2. The van der Waals surface area contributed by atoms with Crippen molar-refractivity contribution >= 4 is 17.4 Å². The lowest BCUT2D eigenvalue weighted by Crippen LogP contribution is -2.11. The van der Waals surface area contributed by atoms with Gasteiger partial charge < -0.3 is 4.74 Å². The highest BCUT2D eigenvalue weighted by molar-refractivity contribution is 6.31. The maximum atomic E-state index is 12.9. The van der Waals surface area contributed by atoms with Crippen LogP contribution in [0.15, 0.2) is 30.0 Å². The van der Waals surface area contributed by atoms with Gasteiger partial charge in [-0.1, -0.05) is 11.6 Å². The van der Waals surface area contributed by atoms with Crippen LogP contribution < -0.4 is 0 Å². The molecule has 0 amide bonds. The van der Waals surface area contributed by atoms with Gasteiger partial charge in [0.1, 0.15) is 5.82 Å². The Kier molecular flexibility index (Phi) is 3.25. The predicted octanol–water partition coefficient (Wildman–Crippen LogP) is 3.36. The summed E-state index contributed by atoms with van der Waals surface area (Å²) in [7, 11) is 0. The first-order chi connectivity index (χ1) is 7.68. The van der Waals surface area contributed by atoms with Crippen LogP contribution in [0.25, 0.3) is 0 Å². The summed E-state index contributed by atoms with van der Waals surface area (Å²) in [5.41, 5.74) is 0.347. The van der Waals surface area contributed by atoms with E-state index in [1.807, 2.05) is 0 Å². The van der Waals surface area contributed by atoms with Crippen molar-refractivity contribution in [1.29, 1.82) is 0 Å². The lowest BCUT2D eigenvalue weighted by Gasteiger charge is -2.13. The van der Waals surface area contributed by atoms with Gasteiger partial charge in [0.25, 0.3) is 0 Å².